The standard InChI is InChI=1S/C24H25N5O2/c1-18-21(16-28-17-27-20-10-5-6-11-22(20)28)26-13-12-23(18)31-15-7-14-29(24(25)30)19-8-3-2-4-9-19/h2-6,8-13,17H,7,14-16H2,1H3,(H2,25,30). The Labute approximate surface area is 181 Å². The van der Waals surface area contributed by atoms with Gasteiger partial charge in [-0.2, -0.15) is 0 Å². The van der Waals surface area contributed by atoms with E-state index < -0.39 is 6.03 Å². The Morgan fingerprint density at radius 1 is 1.06 bits per heavy atom. The summed E-state index contributed by atoms with van der Waals surface area (Å²) in [6.45, 7) is 3.58. The van der Waals surface area contributed by atoms with Gasteiger partial charge in [0.05, 0.1) is 36.2 Å². The number of amides is 2. The van der Waals surface area contributed by atoms with E-state index in [0.717, 1.165) is 33.7 Å². The van der Waals surface area contributed by atoms with Gasteiger partial charge in [-0.15, -0.1) is 0 Å². The molecule has 7 heteroatoms. The van der Waals surface area contributed by atoms with Crippen LogP contribution in [0.1, 0.15) is 17.7 Å². The molecule has 0 saturated carbocycles. The lowest BCUT2D eigenvalue weighted by atomic mass is 10.2. The van der Waals surface area contributed by atoms with Crippen molar-refractivity contribution in [1.82, 2.24) is 14.5 Å². The van der Waals surface area contributed by atoms with Crippen LogP contribution in [0, 0.1) is 6.92 Å². The van der Waals surface area contributed by atoms with Crippen molar-refractivity contribution >= 4 is 22.8 Å². The van der Waals surface area contributed by atoms with Gasteiger partial charge in [0.1, 0.15) is 5.75 Å². The van der Waals surface area contributed by atoms with E-state index in [1.165, 1.54) is 0 Å². The Morgan fingerprint density at radius 2 is 1.84 bits per heavy atom. The fraction of sp³-hybridized carbons (Fsp3) is 0.208. The van der Waals surface area contributed by atoms with E-state index in [9.17, 15) is 4.79 Å². The highest BCUT2D eigenvalue weighted by atomic mass is 16.5. The summed E-state index contributed by atoms with van der Waals surface area (Å²) in [7, 11) is 0. The van der Waals surface area contributed by atoms with Gasteiger partial charge in [0.15, 0.2) is 0 Å². The number of pyridine rings is 1. The van der Waals surface area contributed by atoms with Gasteiger partial charge < -0.3 is 15.0 Å². The second kappa shape index (κ2) is 9.30. The molecule has 4 aromatic rings. The summed E-state index contributed by atoms with van der Waals surface area (Å²) in [5.41, 5.74) is 10.3. The lowest BCUT2D eigenvalue weighted by Gasteiger charge is -2.20. The Morgan fingerprint density at radius 3 is 2.65 bits per heavy atom. The van der Waals surface area contributed by atoms with Crippen LogP contribution in [-0.4, -0.2) is 33.7 Å². The van der Waals surface area contributed by atoms with E-state index in [1.807, 2.05) is 67.8 Å². The van der Waals surface area contributed by atoms with Gasteiger partial charge >= 0.3 is 6.03 Å². The maximum atomic E-state index is 11.8. The molecule has 0 unspecified atom stereocenters. The Hall–Kier alpha value is -3.87. The zero-order valence-electron chi connectivity index (χ0n) is 17.4. The predicted molar refractivity (Wildman–Crippen MR) is 121 cm³/mol. The smallest absolute Gasteiger partial charge is 0.319 e. The topological polar surface area (TPSA) is 86.3 Å². The van der Waals surface area contributed by atoms with Crippen LogP contribution in [0.2, 0.25) is 0 Å². The van der Waals surface area contributed by atoms with Crippen LogP contribution < -0.4 is 15.4 Å². The zero-order valence-corrected chi connectivity index (χ0v) is 17.4. The number of carbonyl (C=O) groups excluding carboxylic acids is 1. The summed E-state index contributed by atoms with van der Waals surface area (Å²) in [5, 5.41) is 0. The number of primary amides is 1. The second-order valence-electron chi connectivity index (χ2n) is 7.27. The summed E-state index contributed by atoms with van der Waals surface area (Å²) in [6.07, 6.45) is 4.25. The van der Waals surface area contributed by atoms with Crippen molar-refractivity contribution in [1.29, 1.82) is 0 Å². The van der Waals surface area contributed by atoms with E-state index >= 15 is 0 Å². The van der Waals surface area contributed by atoms with Gasteiger partial charge in [0.25, 0.3) is 0 Å². The number of nitrogens with zero attached hydrogens (tertiary/aromatic N) is 4. The van der Waals surface area contributed by atoms with Crippen LogP contribution in [0.4, 0.5) is 10.5 Å². The Bertz CT molecular complexity index is 1170. The van der Waals surface area contributed by atoms with Gasteiger partial charge in [0.2, 0.25) is 0 Å². The third-order valence-electron chi connectivity index (χ3n) is 5.22. The summed E-state index contributed by atoms with van der Waals surface area (Å²) >= 11 is 0. The molecule has 7 nitrogen and oxygen atoms in total. The molecule has 2 aromatic carbocycles. The summed E-state index contributed by atoms with van der Waals surface area (Å²) in [6, 6.07) is 18.8. The fourth-order valence-corrected chi connectivity index (χ4v) is 3.55. The number of ether oxygens (including phenoxy) is 1. The first-order valence-electron chi connectivity index (χ1n) is 10.2. The van der Waals surface area contributed by atoms with Gasteiger partial charge in [-0.3, -0.25) is 9.88 Å². The van der Waals surface area contributed by atoms with Gasteiger partial charge in [-0.25, -0.2) is 9.78 Å². The number of hydrogen-bond acceptors (Lipinski definition) is 4. The average Bonchev–Trinajstić information content (AvgIpc) is 3.19. The number of carbonyl (C=O) groups is 1. The number of imidazole rings is 1. The number of nitrogens with two attached hydrogens (primary N) is 1. The van der Waals surface area contributed by atoms with Crippen molar-refractivity contribution < 1.29 is 9.53 Å². The van der Waals surface area contributed by atoms with Crippen LogP contribution in [0.5, 0.6) is 5.75 Å². The molecule has 0 saturated heterocycles. The minimum Gasteiger partial charge on any atom is -0.493 e. The minimum atomic E-state index is -0.471. The van der Waals surface area contributed by atoms with E-state index in [-0.39, 0.29) is 0 Å². The highest BCUT2D eigenvalue weighted by Crippen LogP contribution is 2.22. The maximum Gasteiger partial charge on any atom is 0.319 e. The van der Waals surface area contributed by atoms with Crippen LogP contribution in [0.3, 0.4) is 0 Å². The molecular weight excluding hydrogens is 390 g/mol. The molecule has 4 rings (SSSR count). The fourth-order valence-electron chi connectivity index (χ4n) is 3.55. The first kappa shape index (κ1) is 20.4. The third kappa shape index (κ3) is 4.66. The van der Waals surface area contributed by atoms with Crippen LogP contribution >= 0.6 is 0 Å². The highest BCUT2D eigenvalue weighted by molar-refractivity contribution is 5.90. The maximum absolute atomic E-state index is 11.8. The molecule has 0 aliphatic rings. The molecule has 0 fully saturated rings. The number of urea groups is 1. The molecule has 158 valence electrons. The summed E-state index contributed by atoms with van der Waals surface area (Å²) < 4.78 is 8.09. The van der Waals surface area contributed by atoms with E-state index in [1.54, 1.807) is 11.1 Å². The number of aromatic nitrogens is 3. The van der Waals surface area contributed by atoms with E-state index in [0.29, 0.717) is 26.1 Å². The van der Waals surface area contributed by atoms with Gasteiger partial charge in [0, 0.05) is 24.0 Å². The molecule has 2 aromatic heterocycles. The highest BCUT2D eigenvalue weighted by Gasteiger charge is 2.13. The second-order valence-corrected chi connectivity index (χ2v) is 7.27. The SMILES string of the molecule is Cc1c(OCCCN(C(N)=O)c2ccccc2)ccnc1Cn1cnc2ccccc21. The van der Waals surface area contributed by atoms with Crippen molar-refractivity contribution in [2.75, 3.05) is 18.1 Å². The van der Waals surface area contributed by atoms with Crippen molar-refractivity contribution in [3.05, 3.63) is 84.4 Å². The normalized spacial score (nSPS) is 10.9. The minimum absolute atomic E-state index is 0.467. The largest absolute Gasteiger partial charge is 0.493 e. The number of benzene rings is 2. The van der Waals surface area contributed by atoms with E-state index in [4.69, 9.17) is 10.5 Å². The van der Waals surface area contributed by atoms with Gasteiger partial charge in [-0.1, -0.05) is 30.3 Å². The van der Waals surface area contributed by atoms with Crippen LogP contribution in [0.15, 0.2) is 73.2 Å². The van der Waals surface area contributed by atoms with Crippen molar-refractivity contribution in [2.24, 2.45) is 5.73 Å². The summed E-state index contributed by atoms with van der Waals surface area (Å²) in [4.78, 5) is 22.3. The molecule has 2 N–H and O–H groups in total. The molecule has 0 radical (unpaired) electrons. The molecule has 0 spiro atoms. The molecule has 0 aliphatic heterocycles. The number of hydrogen-bond donors (Lipinski definition) is 1. The van der Waals surface area contributed by atoms with Crippen molar-refractivity contribution in [3.63, 3.8) is 0 Å². The number of fused-ring (bicyclic) bond motifs is 1. The number of anilines is 1. The first-order chi connectivity index (χ1) is 15.1. The number of para-hydroxylation sites is 3. The van der Waals surface area contributed by atoms with Crippen LogP contribution in [0.25, 0.3) is 11.0 Å². The molecular formula is C24H25N5O2. The Balaban J connectivity index is 1.39. The molecule has 31 heavy (non-hydrogen) atoms. The van der Waals surface area contributed by atoms with E-state index in [2.05, 4.69) is 20.6 Å². The van der Waals surface area contributed by atoms with Gasteiger partial charge in [-0.05, 0) is 43.7 Å². The predicted octanol–water partition coefficient (Wildman–Crippen LogP) is 4.14. The monoisotopic (exact) mass is 415 g/mol. The van der Waals surface area contributed by atoms with Crippen LogP contribution in [-0.2, 0) is 6.54 Å². The molecule has 2 amide bonds. The molecule has 0 atom stereocenters. The lowest BCUT2D eigenvalue weighted by molar-refractivity contribution is 0.252. The third-order valence-corrected chi connectivity index (χ3v) is 5.22. The zero-order chi connectivity index (χ0) is 21.6. The first-order valence-corrected chi connectivity index (χ1v) is 10.2. The molecule has 2 heterocycles. The Kier molecular flexibility index (Phi) is 6.12. The lowest BCUT2D eigenvalue weighted by Crippen LogP contribution is -2.37. The molecule has 0 aliphatic carbocycles. The average molecular weight is 415 g/mol. The molecule has 0 bridgehead atoms. The quantitative estimate of drug-likeness (QED) is 0.438. The summed E-state index contributed by atoms with van der Waals surface area (Å²) in [5.74, 6) is 0.791. The van der Waals surface area contributed by atoms with Crippen molar-refractivity contribution in [2.45, 2.75) is 19.9 Å². The van der Waals surface area contributed by atoms with Crippen molar-refractivity contribution in [3.8, 4) is 5.75 Å². The number of rotatable bonds is 8.